The molecule has 1 aliphatic carbocycles. The van der Waals surface area contributed by atoms with Gasteiger partial charge in [-0.15, -0.1) is 0 Å². The van der Waals surface area contributed by atoms with Gasteiger partial charge < -0.3 is 4.99 Å². The largest absolute Gasteiger partial charge is 0.302 e. The fourth-order valence-corrected chi connectivity index (χ4v) is 477. The van der Waals surface area contributed by atoms with E-state index in [9.17, 15) is 0 Å². The Balaban J connectivity index is 2.26. The van der Waals surface area contributed by atoms with Crippen LogP contribution >= 0.6 is 0 Å². The Morgan fingerprint density at radius 3 is 1.26 bits per heavy atom. The lowest BCUT2D eigenvalue weighted by molar-refractivity contribution is 0.444. The first kappa shape index (κ1) is 22.9. The van der Waals surface area contributed by atoms with Crippen LogP contribution in [0.4, 0.5) is 0 Å². The van der Waals surface area contributed by atoms with E-state index in [1.807, 2.05) is 0 Å². The topological polar surface area (TPSA) is 12.4 Å². The zero-order valence-electron chi connectivity index (χ0n) is 20.6. The Bertz CT molecular complexity index is 610. The average Bonchev–Trinajstić information content (AvgIpc) is 3.25. The minimum atomic E-state index is -1.14. The molecule has 0 aromatic carbocycles. The lowest BCUT2D eigenvalue weighted by Crippen LogP contribution is -2.82. The Hall–Kier alpha value is 1.19. The maximum atomic E-state index is 5.87. The van der Waals surface area contributed by atoms with Crippen molar-refractivity contribution < 1.29 is 0 Å². The van der Waals surface area contributed by atoms with E-state index >= 15 is 0 Å². The number of nitrogens with zero attached hydrogens (tertiary/aromatic N) is 1. The van der Waals surface area contributed by atoms with Crippen molar-refractivity contribution in [3.05, 3.63) is 0 Å². The van der Waals surface area contributed by atoms with Gasteiger partial charge in [-0.3, -0.25) is 0 Å². The Kier molecular flexibility index (Phi) is 5.18. The molecular formula is C19H47NSi7. The summed E-state index contributed by atoms with van der Waals surface area (Å²) in [6.45, 7) is 31.8. The fraction of sp³-hybridized carbons (Fsp3) is 0.947. The van der Waals surface area contributed by atoms with E-state index in [0.717, 1.165) is 6.04 Å². The summed E-state index contributed by atoms with van der Waals surface area (Å²) in [6.07, 6.45) is 6.18. The van der Waals surface area contributed by atoms with E-state index < -0.39 is 49.8 Å². The maximum Gasteiger partial charge on any atom is 0.0742 e. The molecule has 0 bridgehead atoms. The molecule has 0 aromatic heterocycles. The molecule has 3 fully saturated rings. The van der Waals surface area contributed by atoms with Gasteiger partial charge in [0, 0.05) is 42.6 Å². The molecule has 2 heterocycles. The van der Waals surface area contributed by atoms with Crippen LogP contribution in [-0.4, -0.2) is 60.8 Å². The average molecular weight is 486 g/mol. The lowest BCUT2D eigenvalue weighted by Gasteiger charge is -2.52. The molecule has 1 saturated carbocycles. The third-order valence-electron chi connectivity index (χ3n) is 8.66. The fourth-order valence-electron chi connectivity index (χ4n) is 9.17. The molecule has 0 aromatic rings. The van der Waals surface area contributed by atoms with E-state index in [0.29, 0.717) is 0 Å². The number of fused-ring (bicyclic) bond motifs is 1. The van der Waals surface area contributed by atoms with Gasteiger partial charge in [0.05, 0.1) is 13.3 Å². The second-order valence-electron chi connectivity index (χ2n) is 14.0. The molecule has 0 spiro atoms. The minimum Gasteiger partial charge on any atom is -0.302 e. The molecule has 0 radical (unpaired) electrons. The molecule has 27 heavy (non-hydrogen) atoms. The summed E-state index contributed by atoms with van der Waals surface area (Å²) in [6, 6.07) is 0.748. The van der Waals surface area contributed by atoms with Crippen molar-refractivity contribution in [2.45, 2.75) is 117 Å². The SMILES string of the molecule is C[Si](C)(C)[Si]12C(=NC3CCCCC3)[Si]1([Si](C)(C)C)[Si]2([Si](C)(C)C)[Si](C)(C)C. The van der Waals surface area contributed by atoms with Gasteiger partial charge in [0.25, 0.3) is 0 Å². The molecule has 2 saturated heterocycles. The van der Waals surface area contributed by atoms with Crippen molar-refractivity contribution in [3.8, 4) is 0 Å². The highest BCUT2D eigenvalue weighted by Gasteiger charge is 3.14. The third kappa shape index (κ3) is 2.43. The molecule has 3 aliphatic rings. The summed E-state index contributed by atoms with van der Waals surface area (Å²) < 4.78 is 0. The van der Waals surface area contributed by atoms with E-state index in [1.165, 1.54) is 32.1 Å². The molecule has 8 heteroatoms. The first-order chi connectivity index (χ1) is 12.0. The van der Waals surface area contributed by atoms with Gasteiger partial charge in [-0.1, -0.05) is 97.8 Å². The van der Waals surface area contributed by atoms with Gasteiger partial charge in [-0.05, 0) is 17.8 Å². The van der Waals surface area contributed by atoms with Crippen LogP contribution in [0.2, 0.25) is 78.6 Å². The van der Waals surface area contributed by atoms with Crippen molar-refractivity contribution in [1.82, 2.24) is 0 Å². The number of hydrogen-bond acceptors (Lipinski definition) is 1. The summed E-state index contributed by atoms with van der Waals surface area (Å²) in [7, 11) is -4.41. The van der Waals surface area contributed by atoms with Gasteiger partial charge in [0.1, 0.15) is 0 Å². The zero-order chi connectivity index (χ0) is 20.9. The maximum absolute atomic E-state index is 5.87. The molecule has 156 valence electrons. The van der Waals surface area contributed by atoms with Crippen LogP contribution in [0.1, 0.15) is 32.1 Å². The minimum absolute atomic E-state index is 0.748. The van der Waals surface area contributed by atoms with Crippen LogP contribution in [-0.2, 0) is 0 Å². The standard InChI is InChI=1S/C19H47NSi7/c1-21(2,3)25-19(20-18-16-14-13-15-17-18)26(25,22(4,5)6)27(25,23(7,8)9)24(10,11)12/h18H,13-17H2,1-12H3. The van der Waals surface area contributed by atoms with E-state index in [1.54, 1.807) is 0 Å². The molecule has 2 unspecified atom stereocenters. The molecule has 3 rings (SSSR count). The second kappa shape index (κ2) is 6.12. The van der Waals surface area contributed by atoms with Crippen LogP contribution in [0.3, 0.4) is 0 Å². The molecule has 1 nitrogen and oxygen atoms in total. The van der Waals surface area contributed by atoms with Crippen LogP contribution in [0.5, 0.6) is 0 Å². The normalized spacial score (nSPS) is 34.3. The smallest absolute Gasteiger partial charge is 0.0742 e. The molecule has 0 amide bonds. The number of aliphatic imine (C=N–C) groups is 1. The van der Waals surface area contributed by atoms with Crippen molar-refractivity contribution in [2.75, 3.05) is 0 Å². The third-order valence-corrected chi connectivity index (χ3v) is 207. The Morgan fingerprint density at radius 1 is 0.593 bits per heavy atom. The van der Waals surface area contributed by atoms with Gasteiger partial charge in [-0.2, -0.15) is 0 Å². The van der Waals surface area contributed by atoms with Crippen molar-refractivity contribution in [1.29, 1.82) is 0 Å². The van der Waals surface area contributed by atoms with Crippen molar-refractivity contribution in [3.63, 3.8) is 0 Å². The van der Waals surface area contributed by atoms with Gasteiger partial charge in [0.2, 0.25) is 0 Å². The van der Waals surface area contributed by atoms with E-state index in [-0.39, 0.29) is 0 Å². The number of rotatable bonds is 5. The van der Waals surface area contributed by atoms with Gasteiger partial charge in [0.15, 0.2) is 0 Å². The summed E-state index contributed by atoms with van der Waals surface area (Å²) in [5, 5.41) is 0. The van der Waals surface area contributed by atoms with Crippen LogP contribution < -0.4 is 0 Å². The van der Waals surface area contributed by atoms with Crippen molar-refractivity contribution in [2.24, 2.45) is 4.99 Å². The number of hydrogen-bond donors (Lipinski definition) is 0. The van der Waals surface area contributed by atoms with Crippen LogP contribution in [0.15, 0.2) is 4.99 Å². The predicted octanol–water partition coefficient (Wildman–Crippen LogP) is 6.11. The first-order valence-electron chi connectivity index (χ1n) is 11.5. The summed E-state index contributed by atoms with van der Waals surface area (Å²) in [5.74, 6) is 0. The quantitative estimate of drug-likeness (QED) is 0.416. The molecule has 2 aliphatic heterocycles. The van der Waals surface area contributed by atoms with Crippen LogP contribution in [0.25, 0.3) is 0 Å². The Labute approximate surface area is 175 Å². The second-order valence-corrected chi connectivity index (χ2v) is 96.5. The lowest BCUT2D eigenvalue weighted by atomic mass is 9.96. The highest BCUT2D eigenvalue weighted by atomic mass is 30.7. The van der Waals surface area contributed by atoms with Crippen molar-refractivity contribution >= 4 is 54.7 Å². The van der Waals surface area contributed by atoms with E-state index in [4.69, 9.17) is 4.99 Å². The summed E-state index contributed by atoms with van der Waals surface area (Å²) in [5.41, 5.74) is 0. The van der Waals surface area contributed by atoms with E-state index in [2.05, 4.69) is 83.5 Å². The predicted molar refractivity (Wildman–Crippen MR) is 145 cm³/mol. The summed E-state index contributed by atoms with van der Waals surface area (Å²) in [4.78, 5) is 8.00. The Morgan fingerprint density at radius 2 is 0.963 bits per heavy atom. The molecule has 0 N–H and O–H groups in total. The van der Waals surface area contributed by atoms with Crippen LogP contribution in [0, 0.1) is 0 Å². The molecular weight excluding hydrogens is 439 g/mol. The van der Waals surface area contributed by atoms with Gasteiger partial charge >= 0.3 is 0 Å². The first-order valence-corrected chi connectivity index (χ1v) is 38.5. The highest BCUT2D eigenvalue weighted by Crippen LogP contribution is 2.78. The zero-order valence-corrected chi connectivity index (χ0v) is 27.6. The monoisotopic (exact) mass is 485 g/mol. The van der Waals surface area contributed by atoms with Gasteiger partial charge in [-0.25, -0.2) is 0 Å². The molecule has 2 atom stereocenters. The highest BCUT2D eigenvalue weighted by molar-refractivity contribution is 8.68. The summed E-state index contributed by atoms with van der Waals surface area (Å²) >= 11 is 0.